The van der Waals surface area contributed by atoms with Crippen LogP contribution in [0.4, 0.5) is 13.2 Å². The van der Waals surface area contributed by atoms with Gasteiger partial charge in [-0.15, -0.1) is 0 Å². The van der Waals surface area contributed by atoms with Gasteiger partial charge in [0.15, 0.2) is 0 Å². The molecule has 0 N–H and O–H groups in total. The Hall–Kier alpha value is -1.25. The molecule has 0 aromatic heterocycles. The van der Waals surface area contributed by atoms with Crippen molar-refractivity contribution in [3.8, 4) is 0 Å². The van der Waals surface area contributed by atoms with Gasteiger partial charge < -0.3 is 0 Å². The van der Waals surface area contributed by atoms with Crippen molar-refractivity contribution in [1.29, 1.82) is 0 Å². The lowest BCUT2D eigenvalue weighted by Crippen LogP contribution is -2.13. The molecule has 2 rings (SSSR count). The fourth-order valence-electron chi connectivity index (χ4n) is 3.42. The average molecular weight is 310 g/mol. The first-order valence-electron chi connectivity index (χ1n) is 8.26. The summed E-state index contributed by atoms with van der Waals surface area (Å²) in [5, 5.41) is 0. The highest BCUT2D eigenvalue weighted by atomic mass is 19.4. The number of hydrogen-bond donors (Lipinski definition) is 0. The Labute approximate surface area is 131 Å². The summed E-state index contributed by atoms with van der Waals surface area (Å²) in [5.74, 6) is 1.46. The molecule has 0 heterocycles. The Bertz CT molecular complexity index is 488. The van der Waals surface area contributed by atoms with Crippen molar-refractivity contribution in [3.05, 3.63) is 41.5 Å². The first-order chi connectivity index (χ1) is 10.4. The van der Waals surface area contributed by atoms with Gasteiger partial charge >= 0.3 is 6.18 Å². The van der Waals surface area contributed by atoms with Crippen molar-refractivity contribution >= 4 is 5.57 Å². The Morgan fingerprint density at radius 1 is 1.09 bits per heavy atom. The summed E-state index contributed by atoms with van der Waals surface area (Å²) in [7, 11) is 0. The molecule has 1 aliphatic rings. The van der Waals surface area contributed by atoms with Crippen LogP contribution in [0.2, 0.25) is 0 Å². The van der Waals surface area contributed by atoms with E-state index in [4.69, 9.17) is 0 Å². The summed E-state index contributed by atoms with van der Waals surface area (Å²) < 4.78 is 37.7. The summed E-state index contributed by atoms with van der Waals surface area (Å²) >= 11 is 0. The van der Waals surface area contributed by atoms with E-state index >= 15 is 0 Å². The van der Waals surface area contributed by atoms with Crippen LogP contribution in [0.3, 0.4) is 0 Å². The number of rotatable bonds is 4. The van der Waals surface area contributed by atoms with E-state index in [0.29, 0.717) is 5.92 Å². The van der Waals surface area contributed by atoms with Crippen LogP contribution in [0.25, 0.3) is 5.57 Å². The van der Waals surface area contributed by atoms with Crippen molar-refractivity contribution in [2.45, 2.75) is 58.5 Å². The highest BCUT2D eigenvalue weighted by molar-refractivity contribution is 5.64. The molecule has 0 spiro atoms. The molecule has 0 radical (unpaired) electrons. The molecule has 122 valence electrons. The van der Waals surface area contributed by atoms with Crippen LogP contribution in [-0.2, 0) is 6.18 Å². The molecule has 0 bridgehead atoms. The summed E-state index contributed by atoms with van der Waals surface area (Å²) in [6, 6.07) is 5.50. The van der Waals surface area contributed by atoms with Crippen LogP contribution in [0.1, 0.15) is 63.5 Å². The molecule has 1 aliphatic carbocycles. The third kappa shape index (κ3) is 4.62. The lowest BCUT2D eigenvalue weighted by Gasteiger charge is -2.27. The van der Waals surface area contributed by atoms with Gasteiger partial charge in [0.2, 0.25) is 0 Å². The molecule has 0 atom stereocenters. The Balaban J connectivity index is 1.98. The molecule has 0 saturated heterocycles. The summed E-state index contributed by atoms with van der Waals surface area (Å²) in [6.45, 7) is 4.24. The van der Waals surface area contributed by atoms with E-state index in [0.717, 1.165) is 17.1 Å². The van der Waals surface area contributed by atoms with E-state index in [1.807, 2.05) is 6.92 Å². The van der Waals surface area contributed by atoms with Gasteiger partial charge in [0, 0.05) is 0 Å². The number of alkyl halides is 3. The first-order valence-corrected chi connectivity index (χ1v) is 8.26. The number of hydrogen-bond acceptors (Lipinski definition) is 0. The van der Waals surface area contributed by atoms with E-state index in [2.05, 4.69) is 13.0 Å². The van der Waals surface area contributed by atoms with Crippen LogP contribution >= 0.6 is 0 Å². The van der Waals surface area contributed by atoms with Crippen molar-refractivity contribution in [3.63, 3.8) is 0 Å². The fourth-order valence-corrected chi connectivity index (χ4v) is 3.42. The predicted octanol–water partition coefficient (Wildman–Crippen LogP) is 6.72. The normalized spacial score (nSPS) is 23.6. The molecule has 0 nitrogen and oxygen atoms in total. The van der Waals surface area contributed by atoms with Crippen molar-refractivity contribution in [2.75, 3.05) is 0 Å². The topological polar surface area (TPSA) is 0 Å². The van der Waals surface area contributed by atoms with Gasteiger partial charge in [-0.2, -0.15) is 13.2 Å². The monoisotopic (exact) mass is 310 g/mol. The third-order valence-electron chi connectivity index (χ3n) is 4.74. The van der Waals surface area contributed by atoms with Crippen LogP contribution in [0.15, 0.2) is 30.3 Å². The zero-order valence-electron chi connectivity index (χ0n) is 13.4. The molecule has 1 aromatic rings. The maximum atomic E-state index is 12.6. The smallest absolute Gasteiger partial charge is 0.166 e. The Kier molecular flexibility index (Phi) is 5.71. The number of benzene rings is 1. The van der Waals surface area contributed by atoms with Crippen molar-refractivity contribution in [1.82, 2.24) is 0 Å². The minimum Gasteiger partial charge on any atom is -0.166 e. The largest absolute Gasteiger partial charge is 0.416 e. The minimum absolute atomic E-state index is 0.579. The van der Waals surface area contributed by atoms with E-state index in [1.165, 1.54) is 50.7 Å². The van der Waals surface area contributed by atoms with Crippen molar-refractivity contribution < 1.29 is 13.2 Å². The van der Waals surface area contributed by atoms with Gasteiger partial charge in [0.1, 0.15) is 0 Å². The Morgan fingerprint density at radius 2 is 1.68 bits per heavy atom. The molecule has 1 aromatic carbocycles. The number of allylic oxidation sites excluding steroid dienone is 2. The van der Waals surface area contributed by atoms with E-state index in [9.17, 15) is 13.2 Å². The zero-order valence-corrected chi connectivity index (χ0v) is 13.4. The predicted molar refractivity (Wildman–Crippen MR) is 85.5 cm³/mol. The van der Waals surface area contributed by atoms with Gasteiger partial charge in [0.25, 0.3) is 0 Å². The lowest BCUT2D eigenvalue weighted by atomic mass is 9.79. The van der Waals surface area contributed by atoms with Crippen LogP contribution < -0.4 is 0 Å². The summed E-state index contributed by atoms with van der Waals surface area (Å²) in [5.41, 5.74) is 1.40. The van der Waals surface area contributed by atoms with E-state index < -0.39 is 11.7 Å². The Morgan fingerprint density at radius 3 is 2.18 bits per heavy atom. The molecule has 0 unspecified atom stereocenters. The first kappa shape index (κ1) is 17.1. The van der Waals surface area contributed by atoms with E-state index in [-0.39, 0.29) is 0 Å². The van der Waals surface area contributed by atoms with Gasteiger partial charge in [-0.3, -0.25) is 0 Å². The maximum absolute atomic E-state index is 12.6. The average Bonchev–Trinajstić information content (AvgIpc) is 2.49. The van der Waals surface area contributed by atoms with Crippen LogP contribution in [0, 0.1) is 11.8 Å². The zero-order chi connectivity index (χ0) is 16.2. The van der Waals surface area contributed by atoms with Crippen molar-refractivity contribution in [2.24, 2.45) is 11.8 Å². The summed E-state index contributed by atoms with van der Waals surface area (Å²) in [6.07, 6.45) is 5.58. The molecule has 1 fully saturated rings. The number of halogens is 3. The van der Waals surface area contributed by atoms with Gasteiger partial charge in [-0.1, -0.05) is 38.0 Å². The second-order valence-electron chi connectivity index (χ2n) is 6.49. The second-order valence-corrected chi connectivity index (χ2v) is 6.49. The molecule has 0 aliphatic heterocycles. The minimum atomic E-state index is -4.26. The molecular weight excluding hydrogens is 285 g/mol. The third-order valence-corrected chi connectivity index (χ3v) is 4.74. The van der Waals surface area contributed by atoms with Gasteiger partial charge in [0.05, 0.1) is 5.56 Å². The molecule has 0 amide bonds. The van der Waals surface area contributed by atoms with Crippen LogP contribution in [-0.4, -0.2) is 0 Å². The highest BCUT2D eigenvalue weighted by Gasteiger charge is 2.30. The maximum Gasteiger partial charge on any atom is 0.416 e. The quantitative estimate of drug-likeness (QED) is 0.579. The molecular formula is C19H25F3. The van der Waals surface area contributed by atoms with Gasteiger partial charge in [-0.25, -0.2) is 0 Å². The van der Waals surface area contributed by atoms with Gasteiger partial charge in [-0.05, 0) is 67.7 Å². The van der Waals surface area contributed by atoms with Crippen LogP contribution in [0.5, 0.6) is 0 Å². The SMILES string of the molecule is CCCC1CCC(C=C(C)c2ccc(C(F)(F)F)cc2)CC1. The van der Waals surface area contributed by atoms with E-state index in [1.54, 1.807) is 12.1 Å². The highest BCUT2D eigenvalue weighted by Crippen LogP contribution is 2.34. The summed E-state index contributed by atoms with van der Waals surface area (Å²) in [4.78, 5) is 0. The second kappa shape index (κ2) is 7.34. The lowest BCUT2D eigenvalue weighted by molar-refractivity contribution is -0.137. The fraction of sp³-hybridized carbons (Fsp3) is 0.579. The molecule has 3 heteroatoms. The molecule has 22 heavy (non-hydrogen) atoms. The molecule has 1 saturated carbocycles. The standard InChI is InChI=1S/C19H25F3/c1-3-4-15-5-7-16(8-6-15)13-14(2)17-9-11-18(12-10-17)19(20,21)22/h9-13,15-16H,3-8H2,1-2H3.